The molecule has 0 spiro atoms. The van der Waals surface area contributed by atoms with Crippen molar-refractivity contribution in [2.75, 3.05) is 0 Å². The molecule has 1 aliphatic carbocycles. The summed E-state index contributed by atoms with van der Waals surface area (Å²) in [5.74, 6) is -9.28. The molecule has 0 saturated carbocycles. The van der Waals surface area contributed by atoms with Crippen LogP contribution in [0.4, 0.5) is 26.3 Å². The molecule has 0 aromatic rings. The first-order valence-electron chi connectivity index (χ1n) is 3.01. The van der Waals surface area contributed by atoms with Gasteiger partial charge >= 0.3 is 0 Å². The van der Waals surface area contributed by atoms with Crippen molar-refractivity contribution < 1.29 is 26.3 Å². The van der Waals surface area contributed by atoms with Crippen molar-refractivity contribution in [1.82, 2.24) is 0 Å². The zero-order valence-electron chi connectivity index (χ0n) is 6.02. The summed E-state index contributed by atoms with van der Waals surface area (Å²) in [5.41, 5.74) is 0. The molecule has 0 bridgehead atoms. The van der Waals surface area contributed by atoms with Crippen molar-refractivity contribution >= 4 is 45.2 Å². The van der Waals surface area contributed by atoms with Gasteiger partial charge in [0.2, 0.25) is 0 Å². The highest BCUT2D eigenvalue weighted by Gasteiger charge is 2.62. The molecule has 0 amide bonds. The standard InChI is InChI=1S/C6F6I2/c7-1-2(8)4(10)6(12,14)5(11,13)3(1)9. The molecule has 2 atom stereocenters. The average molecular weight is 440 g/mol. The molecule has 0 saturated heterocycles. The van der Waals surface area contributed by atoms with Gasteiger partial charge < -0.3 is 0 Å². The lowest BCUT2D eigenvalue weighted by Gasteiger charge is -2.30. The molecular formula is C6F6I2. The van der Waals surface area contributed by atoms with E-state index in [-0.39, 0.29) is 0 Å². The Kier molecular flexibility index (Phi) is 3.17. The molecule has 0 nitrogen and oxygen atoms in total. The van der Waals surface area contributed by atoms with Crippen LogP contribution in [-0.4, -0.2) is 7.35 Å². The van der Waals surface area contributed by atoms with E-state index in [1.54, 1.807) is 0 Å². The number of hydrogen-bond donors (Lipinski definition) is 0. The van der Waals surface area contributed by atoms with Crippen LogP contribution in [0.3, 0.4) is 0 Å². The van der Waals surface area contributed by atoms with E-state index in [1.807, 2.05) is 0 Å². The van der Waals surface area contributed by atoms with Gasteiger partial charge in [-0.15, -0.1) is 0 Å². The summed E-state index contributed by atoms with van der Waals surface area (Å²) < 4.78 is 69.6. The molecule has 0 aromatic heterocycles. The smallest absolute Gasteiger partial charge is 0.219 e. The van der Waals surface area contributed by atoms with Crippen LogP contribution in [0.15, 0.2) is 23.3 Å². The molecule has 0 fully saturated rings. The Morgan fingerprint density at radius 2 is 0.929 bits per heavy atom. The third-order valence-electron chi connectivity index (χ3n) is 1.52. The van der Waals surface area contributed by atoms with Crippen LogP contribution in [0.5, 0.6) is 0 Å². The van der Waals surface area contributed by atoms with E-state index in [2.05, 4.69) is 0 Å². The summed E-state index contributed by atoms with van der Waals surface area (Å²) in [7, 11) is 0. The Labute approximate surface area is 102 Å². The number of alkyl halides is 4. The van der Waals surface area contributed by atoms with Crippen molar-refractivity contribution in [3.8, 4) is 0 Å². The predicted octanol–water partition coefficient (Wildman–Crippen LogP) is 4.50. The van der Waals surface area contributed by atoms with E-state index in [0.717, 1.165) is 0 Å². The van der Waals surface area contributed by atoms with Crippen LogP contribution < -0.4 is 0 Å². The molecular weight excluding hydrogens is 440 g/mol. The molecule has 8 heteroatoms. The van der Waals surface area contributed by atoms with E-state index in [1.165, 1.54) is 0 Å². The van der Waals surface area contributed by atoms with Gasteiger partial charge in [0.1, 0.15) is 0 Å². The number of allylic oxidation sites excluding steroid dienone is 4. The average Bonchev–Trinajstić information content (AvgIpc) is 2.10. The molecule has 0 N–H and O–H groups in total. The van der Waals surface area contributed by atoms with Crippen LogP contribution >= 0.6 is 45.2 Å². The van der Waals surface area contributed by atoms with Gasteiger partial charge in [0.05, 0.1) is 0 Å². The van der Waals surface area contributed by atoms with Gasteiger partial charge in [0.25, 0.3) is 7.35 Å². The summed E-state index contributed by atoms with van der Waals surface area (Å²) in [6, 6.07) is 0. The van der Waals surface area contributed by atoms with Crippen LogP contribution in [0, 0.1) is 0 Å². The minimum absolute atomic E-state index is 0.537. The second-order valence-corrected chi connectivity index (χ2v) is 5.38. The lowest BCUT2D eigenvalue weighted by Crippen LogP contribution is -2.41. The van der Waals surface area contributed by atoms with Gasteiger partial charge in [-0.25, -0.2) is 26.3 Å². The quantitative estimate of drug-likeness (QED) is 0.296. The maximum atomic E-state index is 13.2. The van der Waals surface area contributed by atoms with Crippen molar-refractivity contribution in [3.63, 3.8) is 0 Å². The third-order valence-corrected chi connectivity index (χ3v) is 4.99. The van der Waals surface area contributed by atoms with Gasteiger partial charge in [-0.05, 0) is 45.2 Å². The highest BCUT2D eigenvalue weighted by atomic mass is 127. The highest BCUT2D eigenvalue weighted by molar-refractivity contribution is 14.1. The molecule has 0 aliphatic heterocycles. The van der Waals surface area contributed by atoms with Crippen LogP contribution in [0.1, 0.15) is 0 Å². The molecule has 80 valence electrons. The highest BCUT2D eigenvalue weighted by Crippen LogP contribution is 2.57. The minimum atomic E-state index is -3.59. The predicted molar refractivity (Wildman–Crippen MR) is 54.2 cm³/mol. The molecule has 0 radical (unpaired) electrons. The van der Waals surface area contributed by atoms with Gasteiger partial charge in [0.15, 0.2) is 23.3 Å². The number of halogens is 8. The Morgan fingerprint density at radius 1 is 0.714 bits per heavy atom. The molecule has 0 aromatic carbocycles. The minimum Gasteiger partial charge on any atom is -0.219 e. The van der Waals surface area contributed by atoms with E-state index in [4.69, 9.17) is 0 Å². The lowest BCUT2D eigenvalue weighted by atomic mass is 10.1. The second-order valence-electron chi connectivity index (χ2n) is 2.40. The Balaban J connectivity index is 3.48. The Hall–Kier alpha value is 0.520. The summed E-state index contributed by atoms with van der Waals surface area (Å²) in [6.07, 6.45) is 0. The topological polar surface area (TPSA) is 0 Å². The largest absolute Gasteiger partial charge is 0.264 e. The van der Waals surface area contributed by atoms with E-state index >= 15 is 0 Å². The fourth-order valence-electron chi connectivity index (χ4n) is 0.744. The van der Waals surface area contributed by atoms with Gasteiger partial charge in [-0.2, -0.15) is 0 Å². The monoisotopic (exact) mass is 440 g/mol. The maximum Gasteiger partial charge on any atom is 0.264 e. The summed E-state index contributed by atoms with van der Waals surface area (Å²) >= 11 is 1.07. The SMILES string of the molecule is FC1=C(F)C(F)(I)C(F)(I)C(F)=C1F. The zero-order chi connectivity index (χ0) is 11.3. The fourth-order valence-corrected chi connectivity index (χ4v) is 1.69. The summed E-state index contributed by atoms with van der Waals surface area (Å²) in [5, 5.41) is 0. The number of rotatable bonds is 0. The van der Waals surface area contributed by atoms with Gasteiger partial charge in [-0.3, -0.25) is 0 Å². The molecule has 14 heavy (non-hydrogen) atoms. The van der Waals surface area contributed by atoms with Gasteiger partial charge in [-0.1, -0.05) is 0 Å². The van der Waals surface area contributed by atoms with Crippen LogP contribution in [-0.2, 0) is 0 Å². The number of hydrogen-bond acceptors (Lipinski definition) is 0. The first-order chi connectivity index (χ1) is 6.14. The Morgan fingerprint density at radius 3 is 1.14 bits per heavy atom. The van der Waals surface area contributed by atoms with Crippen molar-refractivity contribution in [1.29, 1.82) is 0 Å². The van der Waals surface area contributed by atoms with E-state index < -0.39 is 30.7 Å². The first kappa shape index (κ1) is 12.6. The lowest BCUT2D eigenvalue weighted by molar-refractivity contribution is 0.133. The second kappa shape index (κ2) is 3.52. The summed E-state index contributed by atoms with van der Waals surface area (Å²) in [4.78, 5) is 0. The van der Waals surface area contributed by atoms with E-state index in [0.29, 0.717) is 45.2 Å². The molecule has 0 heterocycles. The molecule has 1 rings (SSSR count). The normalized spacial score (nSPS) is 39.4. The van der Waals surface area contributed by atoms with E-state index in [9.17, 15) is 26.3 Å². The van der Waals surface area contributed by atoms with Gasteiger partial charge in [0, 0.05) is 0 Å². The van der Waals surface area contributed by atoms with Crippen molar-refractivity contribution in [2.45, 2.75) is 7.35 Å². The van der Waals surface area contributed by atoms with Crippen LogP contribution in [0.2, 0.25) is 0 Å². The third kappa shape index (κ3) is 1.48. The first-order valence-corrected chi connectivity index (χ1v) is 5.17. The fraction of sp³-hybridized carbons (Fsp3) is 0.333. The Bertz CT molecular complexity index is 308. The maximum absolute atomic E-state index is 13.2. The van der Waals surface area contributed by atoms with Crippen molar-refractivity contribution in [2.24, 2.45) is 0 Å². The molecule has 1 aliphatic rings. The van der Waals surface area contributed by atoms with Crippen LogP contribution in [0.25, 0.3) is 0 Å². The molecule has 2 unspecified atom stereocenters. The van der Waals surface area contributed by atoms with Crippen molar-refractivity contribution in [3.05, 3.63) is 23.3 Å². The zero-order valence-corrected chi connectivity index (χ0v) is 10.3. The summed E-state index contributed by atoms with van der Waals surface area (Å²) in [6.45, 7) is 0.